The summed E-state index contributed by atoms with van der Waals surface area (Å²) in [4.78, 5) is 11.2. The second kappa shape index (κ2) is 5.04. The van der Waals surface area contributed by atoms with Crippen molar-refractivity contribution in [2.45, 2.75) is 0 Å². The molecule has 0 unspecified atom stereocenters. The SMILES string of the molecule is [C-]#[N+]/C(C#N)=C1/c2nc(C#N)c(C#N)nc2-c2cccc(F)c21. The van der Waals surface area contributed by atoms with Gasteiger partial charge >= 0.3 is 0 Å². The van der Waals surface area contributed by atoms with Crippen LogP contribution in [0, 0.1) is 46.4 Å². The first-order valence-corrected chi connectivity index (χ1v) is 6.20. The van der Waals surface area contributed by atoms with Crippen molar-refractivity contribution in [3.63, 3.8) is 0 Å². The monoisotopic (exact) mass is 298 g/mol. The van der Waals surface area contributed by atoms with Gasteiger partial charge in [-0.15, -0.1) is 0 Å². The maximum absolute atomic E-state index is 14.3. The fraction of sp³-hybridized carbons (Fsp3) is 0. The largest absolute Gasteiger partial charge is 0.271 e. The van der Waals surface area contributed by atoms with Crippen LogP contribution in [0.2, 0.25) is 0 Å². The Bertz CT molecular complexity index is 1050. The van der Waals surface area contributed by atoms with Crippen LogP contribution in [0.5, 0.6) is 0 Å². The number of hydrogen-bond donors (Lipinski definition) is 0. The summed E-state index contributed by atoms with van der Waals surface area (Å²) in [6.45, 7) is 7.11. The molecule has 3 rings (SSSR count). The number of fused-ring (bicyclic) bond motifs is 3. The summed E-state index contributed by atoms with van der Waals surface area (Å²) in [7, 11) is 0. The minimum Gasteiger partial charge on any atom is -0.233 e. The topological polar surface area (TPSA) is 102 Å². The highest BCUT2D eigenvalue weighted by atomic mass is 19.1. The molecule has 7 heteroatoms. The fourth-order valence-electron chi connectivity index (χ4n) is 2.41. The summed E-state index contributed by atoms with van der Waals surface area (Å²) in [5.74, 6) is -0.634. The van der Waals surface area contributed by atoms with Gasteiger partial charge in [0.2, 0.25) is 0 Å². The van der Waals surface area contributed by atoms with Crippen molar-refractivity contribution in [1.82, 2.24) is 9.97 Å². The van der Waals surface area contributed by atoms with E-state index < -0.39 is 5.82 Å². The van der Waals surface area contributed by atoms with Crippen molar-refractivity contribution in [2.24, 2.45) is 0 Å². The number of nitrogens with zero attached hydrogens (tertiary/aromatic N) is 6. The van der Waals surface area contributed by atoms with Crippen LogP contribution in [0.25, 0.3) is 21.7 Å². The number of nitriles is 3. The van der Waals surface area contributed by atoms with Gasteiger partial charge in [-0.25, -0.2) is 24.5 Å². The molecule has 1 aromatic heterocycles. The van der Waals surface area contributed by atoms with E-state index in [0.29, 0.717) is 5.56 Å². The molecule has 0 aliphatic heterocycles. The maximum Gasteiger partial charge on any atom is 0.271 e. The lowest BCUT2D eigenvalue weighted by Crippen LogP contribution is -2.00. The quantitative estimate of drug-likeness (QED) is 0.469. The van der Waals surface area contributed by atoms with E-state index in [4.69, 9.17) is 22.4 Å². The van der Waals surface area contributed by atoms with Gasteiger partial charge in [0.25, 0.3) is 5.70 Å². The second-order valence-corrected chi connectivity index (χ2v) is 4.45. The third-order valence-electron chi connectivity index (χ3n) is 3.32. The van der Waals surface area contributed by atoms with Crippen LogP contribution in [0.4, 0.5) is 4.39 Å². The number of benzene rings is 1. The van der Waals surface area contributed by atoms with Gasteiger partial charge in [-0.1, -0.05) is 12.1 Å². The zero-order chi connectivity index (χ0) is 16.6. The normalized spacial score (nSPS) is 12.9. The molecular formula is C16H3FN6. The summed E-state index contributed by atoms with van der Waals surface area (Å²) < 4.78 is 14.3. The summed E-state index contributed by atoms with van der Waals surface area (Å²) in [6, 6.07) is 9.42. The molecule has 0 fully saturated rings. The Hall–Kier alpha value is -4.07. The van der Waals surface area contributed by atoms with Crippen molar-refractivity contribution in [1.29, 1.82) is 15.8 Å². The van der Waals surface area contributed by atoms with Crippen LogP contribution in [0.15, 0.2) is 23.9 Å². The van der Waals surface area contributed by atoms with Gasteiger partial charge in [0.05, 0.1) is 24.0 Å². The van der Waals surface area contributed by atoms with Crippen LogP contribution >= 0.6 is 0 Å². The predicted octanol–water partition coefficient (Wildman–Crippen LogP) is 2.54. The first-order valence-electron chi connectivity index (χ1n) is 6.20. The minimum atomic E-state index is -0.634. The second-order valence-electron chi connectivity index (χ2n) is 4.45. The highest BCUT2D eigenvalue weighted by molar-refractivity contribution is 6.01. The molecule has 0 saturated carbocycles. The highest BCUT2D eigenvalue weighted by Gasteiger charge is 2.33. The molecule has 1 aliphatic carbocycles. The molecule has 23 heavy (non-hydrogen) atoms. The summed E-state index contributed by atoms with van der Waals surface area (Å²) in [5, 5.41) is 27.3. The van der Waals surface area contributed by atoms with Gasteiger partial charge in [-0.2, -0.15) is 10.5 Å². The van der Waals surface area contributed by atoms with E-state index in [2.05, 4.69) is 14.8 Å². The Morgan fingerprint density at radius 1 is 1.09 bits per heavy atom. The molecule has 0 spiro atoms. The Balaban J connectivity index is 2.54. The Kier molecular flexibility index (Phi) is 3.04. The summed E-state index contributed by atoms with van der Waals surface area (Å²) in [5.41, 5.74) is -0.163. The molecule has 2 aromatic rings. The molecule has 0 radical (unpaired) electrons. The standard InChI is InChI=1S/C16H3FN6/c1-21-12(7-20)14-13-8(3-2-4-9(13)17)15-16(14)23-11(6-19)10(5-18)22-15/h2-4H/b14-12+. The van der Waals surface area contributed by atoms with E-state index in [1.54, 1.807) is 24.3 Å². The van der Waals surface area contributed by atoms with Gasteiger partial charge in [-0.05, 0) is 6.07 Å². The lowest BCUT2D eigenvalue weighted by molar-refractivity contribution is 0.625. The number of aromatic nitrogens is 2. The molecule has 1 aromatic carbocycles. The molecule has 0 bridgehead atoms. The Morgan fingerprint density at radius 2 is 1.74 bits per heavy atom. The lowest BCUT2D eigenvalue weighted by Gasteiger charge is -2.03. The van der Waals surface area contributed by atoms with Gasteiger partial charge in [0.15, 0.2) is 11.4 Å². The molecule has 0 N–H and O–H groups in total. The Labute approximate surface area is 129 Å². The van der Waals surface area contributed by atoms with E-state index in [9.17, 15) is 4.39 Å². The maximum atomic E-state index is 14.3. The molecule has 1 heterocycles. The fourth-order valence-corrected chi connectivity index (χ4v) is 2.41. The smallest absolute Gasteiger partial charge is 0.233 e. The van der Waals surface area contributed by atoms with Crippen LogP contribution in [-0.4, -0.2) is 9.97 Å². The average Bonchev–Trinajstić information content (AvgIpc) is 2.90. The third kappa shape index (κ3) is 1.83. The van der Waals surface area contributed by atoms with E-state index in [-0.39, 0.29) is 39.6 Å². The van der Waals surface area contributed by atoms with Crippen LogP contribution in [-0.2, 0) is 0 Å². The third-order valence-corrected chi connectivity index (χ3v) is 3.32. The molecule has 0 atom stereocenters. The van der Waals surface area contributed by atoms with Gasteiger partial charge < -0.3 is 0 Å². The van der Waals surface area contributed by atoms with Crippen molar-refractivity contribution in [3.8, 4) is 29.5 Å². The van der Waals surface area contributed by atoms with Gasteiger partial charge in [0.1, 0.15) is 18.0 Å². The minimum absolute atomic E-state index is 0.000843. The number of halogens is 1. The van der Waals surface area contributed by atoms with Crippen molar-refractivity contribution in [2.75, 3.05) is 0 Å². The number of rotatable bonds is 0. The zero-order valence-corrected chi connectivity index (χ0v) is 11.3. The van der Waals surface area contributed by atoms with E-state index in [1.165, 1.54) is 12.1 Å². The Morgan fingerprint density at radius 3 is 2.30 bits per heavy atom. The molecule has 1 aliphatic rings. The average molecular weight is 298 g/mol. The lowest BCUT2D eigenvalue weighted by atomic mass is 10.0. The van der Waals surface area contributed by atoms with E-state index in [0.717, 1.165) is 0 Å². The van der Waals surface area contributed by atoms with Crippen molar-refractivity contribution in [3.05, 3.63) is 63.8 Å². The molecular weight excluding hydrogens is 295 g/mol. The van der Waals surface area contributed by atoms with Crippen LogP contribution in [0.3, 0.4) is 0 Å². The highest BCUT2D eigenvalue weighted by Crippen LogP contribution is 2.45. The van der Waals surface area contributed by atoms with Gasteiger partial charge in [-0.3, -0.25) is 0 Å². The number of hydrogen-bond acceptors (Lipinski definition) is 5. The van der Waals surface area contributed by atoms with Crippen molar-refractivity contribution < 1.29 is 4.39 Å². The van der Waals surface area contributed by atoms with E-state index in [1.807, 2.05) is 0 Å². The summed E-state index contributed by atoms with van der Waals surface area (Å²) in [6.07, 6.45) is 0. The summed E-state index contributed by atoms with van der Waals surface area (Å²) >= 11 is 0. The zero-order valence-electron chi connectivity index (χ0n) is 11.3. The van der Waals surface area contributed by atoms with Crippen molar-refractivity contribution >= 4 is 5.57 Å². The van der Waals surface area contributed by atoms with E-state index >= 15 is 0 Å². The molecule has 0 amide bonds. The first-order chi connectivity index (χ1) is 11.2. The van der Waals surface area contributed by atoms with Crippen LogP contribution < -0.4 is 0 Å². The predicted molar refractivity (Wildman–Crippen MR) is 75.1 cm³/mol. The number of allylic oxidation sites excluding steroid dienone is 1. The molecule has 6 nitrogen and oxygen atoms in total. The molecule has 0 saturated heterocycles. The molecule has 104 valence electrons. The first kappa shape index (κ1) is 13.9. The van der Waals surface area contributed by atoms with Gasteiger partial charge in [0, 0.05) is 16.7 Å². The van der Waals surface area contributed by atoms with Crippen LogP contribution in [0.1, 0.15) is 22.6 Å².